The summed E-state index contributed by atoms with van der Waals surface area (Å²) >= 11 is 11.6. The molecule has 0 heterocycles. The van der Waals surface area contributed by atoms with Gasteiger partial charge >= 0.3 is 0 Å². The Hall–Kier alpha value is -0.820. The minimum atomic E-state index is -3.95. The monoisotopic (exact) mass is 310 g/mol. The van der Waals surface area contributed by atoms with Crippen LogP contribution in [0, 0.1) is 0 Å². The van der Waals surface area contributed by atoms with Crippen LogP contribution in [0.3, 0.4) is 0 Å². The lowest BCUT2D eigenvalue weighted by atomic mass is 10.2. The number of rotatable bonds is 3. The van der Waals surface area contributed by atoms with Crippen molar-refractivity contribution in [1.82, 2.24) is 5.32 Å². The van der Waals surface area contributed by atoms with Gasteiger partial charge in [0.2, 0.25) is 10.0 Å². The zero-order valence-electron chi connectivity index (χ0n) is 9.70. The fraction of sp³-hybridized carbons (Fsp3) is 0.300. The molecule has 0 unspecified atom stereocenters. The molecule has 1 aromatic rings. The molecule has 100 valence electrons. The maximum atomic E-state index is 11.8. The number of carbonyl (C=O) groups excluding carboxylic acids is 1. The molecular weight excluding hydrogens is 299 g/mol. The van der Waals surface area contributed by atoms with E-state index in [1.54, 1.807) is 13.8 Å². The Morgan fingerprint density at radius 1 is 1.33 bits per heavy atom. The summed E-state index contributed by atoms with van der Waals surface area (Å²) in [6, 6.07) is 2.08. The molecule has 0 aliphatic rings. The number of benzene rings is 1. The van der Waals surface area contributed by atoms with Gasteiger partial charge in [-0.25, -0.2) is 13.6 Å². The van der Waals surface area contributed by atoms with Gasteiger partial charge in [0.1, 0.15) is 0 Å². The Labute approximate surface area is 115 Å². The standard InChI is InChI=1S/C10H12Cl2N2O3S/c1-5(2)14-10(15)7-3-6(18(13,16)17)4-8(11)9(7)12/h3-5H,1-2H3,(H,14,15)(H2,13,16,17). The van der Waals surface area contributed by atoms with Crippen LogP contribution in [-0.2, 0) is 10.0 Å². The van der Waals surface area contributed by atoms with Crippen molar-refractivity contribution in [3.8, 4) is 0 Å². The van der Waals surface area contributed by atoms with Crippen molar-refractivity contribution in [2.45, 2.75) is 24.8 Å². The second-order valence-electron chi connectivity index (χ2n) is 3.94. The van der Waals surface area contributed by atoms with Crippen molar-refractivity contribution in [1.29, 1.82) is 0 Å². The molecule has 0 atom stereocenters. The topological polar surface area (TPSA) is 89.3 Å². The van der Waals surface area contributed by atoms with Gasteiger partial charge in [0.05, 0.1) is 20.5 Å². The van der Waals surface area contributed by atoms with E-state index in [1.807, 2.05) is 0 Å². The Bertz CT molecular complexity index is 585. The zero-order chi connectivity index (χ0) is 14.1. The van der Waals surface area contributed by atoms with Crippen molar-refractivity contribution in [3.63, 3.8) is 0 Å². The predicted octanol–water partition coefficient (Wildman–Crippen LogP) is 1.78. The number of carbonyl (C=O) groups is 1. The number of amides is 1. The van der Waals surface area contributed by atoms with E-state index in [-0.39, 0.29) is 26.5 Å². The van der Waals surface area contributed by atoms with Crippen LogP contribution in [0.2, 0.25) is 10.0 Å². The SMILES string of the molecule is CC(C)NC(=O)c1cc(S(N)(=O)=O)cc(Cl)c1Cl. The normalized spacial score (nSPS) is 11.7. The van der Waals surface area contributed by atoms with Gasteiger partial charge in [0.25, 0.3) is 5.91 Å². The average molecular weight is 311 g/mol. The maximum Gasteiger partial charge on any atom is 0.253 e. The quantitative estimate of drug-likeness (QED) is 0.891. The molecule has 0 spiro atoms. The predicted molar refractivity (Wildman–Crippen MR) is 70.4 cm³/mol. The number of nitrogens with two attached hydrogens (primary N) is 1. The largest absolute Gasteiger partial charge is 0.350 e. The lowest BCUT2D eigenvalue weighted by molar-refractivity contribution is 0.0943. The van der Waals surface area contributed by atoms with Gasteiger partial charge in [0, 0.05) is 6.04 Å². The van der Waals surface area contributed by atoms with Crippen LogP contribution in [-0.4, -0.2) is 20.4 Å². The van der Waals surface area contributed by atoms with Crippen molar-refractivity contribution in [3.05, 3.63) is 27.7 Å². The maximum absolute atomic E-state index is 11.8. The van der Waals surface area contributed by atoms with Crippen LogP contribution in [0.25, 0.3) is 0 Å². The molecule has 0 radical (unpaired) electrons. The van der Waals surface area contributed by atoms with Crippen molar-refractivity contribution in [2.24, 2.45) is 5.14 Å². The minimum absolute atomic E-state index is 0.0118. The van der Waals surface area contributed by atoms with Gasteiger partial charge in [-0.1, -0.05) is 23.2 Å². The summed E-state index contributed by atoms with van der Waals surface area (Å²) in [7, 11) is -3.95. The minimum Gasteiger partial charge on any atom is -0.350 e. The third kappa shape index (κ3) is 3.58. The molecule has 18 heavy (non-hydrogen) atoms. The van der Waals surface area contributed by atoms with Gasteiger partial charge in [-0.2, -0.15) is 0 Å². The summed E-state index contributed by atoms with van der Waals surface area (Å²) in [5, 5.41) is 7.52. The number of primary sulfonamides is 1. The average Bonchev–Trinajstić information content (AvgIpc) is 2.18. The van der Waals surface area contributed by atoms with E-state index in [1.165, 1.54) is 0 Å². The van der Waals surface area contributed by atoms with Crippen molar-refractivity contribution < 1.29 is 13.2 Å². The molecule has 5 nitrogen and oxygen atoms in total. The summed E-state index contributed by atoms with van der Waals surface area (Å²) in [6.07, 6.45) is 0. The van der Waals surface area contributed by atoms with Crippen molar-refractivity contribution >= 4 is 39.1 Å². The fourth-order valence-corrected chi connectivity index (χ4v) is 2.28. The Balaban J connectivity index is 3.36. The molecule has 1 aromatic carbocycles. The Morgan fingerprint density at radius 2 is 1.89 bits per heavy atom. The molecule has 0 saturated heterocycles. The summed E-state index contributed by atoms with van der Waals surface area (Å²) in [5.41, 5.74) is -0.0260. The molecule has 0 saturated carbocycles. The highest BCUT2D eigenvalue weighted by atomic mass is 35.5. The van der Waals surface area contributed by atoms with Crippen LogP contribution in [0.5, 0.6) is 0 Å². The van der Waals surface area contributed by atoms with E-state index in [0.29, 0.717) is 0 Å². The third-order valence-corrected chi connectivity index (χ3v) is 3.69. The van der Waals surface area contributed by atoms with E-state index in [4.69, 9.17) is 28.3 Å². The Kier molecular flexibility index (Phi) is 4.61. The molecule has 8 heteroatoms. The molecule has 1 amide bonds. The number of sulfonamides is 1. The number of hydrogen-bond acceptors (Lipinski definition) is 3. The van der Waals surface area contributed by atoms with Crippen LogP contribution in [0.4, 0.5) is 0 Å². The van der Waals surface area contributed by atoms with E-state index in [0.717, 1.165) is 12.1 Å². The molecule has 1 rings (SSSR count). The van der Waals surface area contributed by atoms with Crippen molar-refractivity contribution in [2.75, 3.05) is 0 Å². The first-order valence-corrected chi connectivity index (χ1v) is 7.26. The number of nitrogens with one attached hydrogen (secondary N) is 1. The van der Waals surface area contributed by atoms with Crippen LogP contribution < -0.4 is 10.5 Å². The second-order valence-corrected chi connectivity index (χ2v) is 6.29. The lowest BCUT2D eigenvalue weighted by Crippen LogP contribution is -2.30. The zero-order valence-corrected chi connectivity index (χ0v) is 12.0. The molecule has 0 fully saturated rings. The van der Waals surface area contributed by atoms with E-state index in [2.05, 4.69) is 5.32 Å². The first kappa shape index (κ1) is 15.2. The highest BCUT2D eigenvalue weighted by molar-refractivity contribution is 7.89. The third-order valence-electron chi connectivity index (χ3n) is 1.99. The van der Waals surface area contributed by atoms with Gasteiger partial charge in [-0.05, 0) is 26.0 Å². The fourth-order valence-electron chi connectivity index (χ4n) is 1.23. The molecule has 0 aliphatic carbocycles. The molecule has 0 aliphatic heterocycles. The molecule has 0 bridgehead atoms. The molecular formula is C10H12Cl2N2O3S. The smallest absolute Gasteiger partial charge is 0.253 e. The van der Waals surface area contributed by atoms with Crippen LogP contribution in [0.15, 0.2) is 17.0 Å². The summed E-state index contributed by atoms with van der Waals surface area (Å²) in [4.78, 5) is 11.6. The van der Waals surface area contributed by atoms with Crippen LogP contribution in [0.1, 0.15) is 24.2 Å². The Morgan fingerprint density at radius 3 is 2.33 bits per heavy atom. The molecule has 3 N–H and O–H groups in total. The van der Waals surface area contributed by atoms with Gasteiger partial charge in [0.15, 0.2) is 0 Å². The van der Waals surface area contributed by atoms with E-state index >= 15 is 0 Å². The lowest BCUT2D eigenvalue weighted by Gasteiger charge is -2.11. The first-order valence-electron chi connectivity index (χ1n) is 4.95. The number of hydrogen-bond donors (Lipinski definition) is 2. The molecule has 0 aromatic heterocycles. The van der Waals surface area contributed by atoms with Gasteiger partial charge in [-0.15, -0.1) is 0 Å². The highest BCUT2D eigenvalue weighted by Crippen LogP contribution is 2.29. The van der Waals surface area contributed by atoms with Gasteiger partial charge < -0.3 is 5.32 Å². The van der Waals surface area contributed by atoms with Crippen LogP contribution >= 0.6 is 23.2 Å². The summed E-state index contributed by atoms with van der Waals surface area (Å²) in [5.74, 6) is -0.512. The summed E-state index contributed by atoms with van der Waals surface area (Å²) in [6.45, 7) is 3.52. The number of halogens is 2. The highest BCUT2D eigenvalue weighted by Gasteiger charge is 2.19. The van der Waals surface area contributed by atoms with E-state index in [9.17, 15) is 13.2 Å². The first-order chi connectivity index (χ1) is 8.12. The van der Waals surface area contributed by atoms with E-state index < -0.39 is 15.9 Å². The summed E-state index contributed by atoms with van der Waals surface area (Å²) < 4.78 is 22.5. The van der Waals surface area contributed by atoms with Gasteiger partial charge in [-0.3, -0.25) is 4.79 Å². The second kappa shape index (κ2) is 5.44.